The van der Waals surface area contributed by atoms with Crippen molar-refractivity contribution in [3.63, 3.8) is 0 Å². The summed E-state index contributed by atoms with van der Waals surface area (Å²) in [5.74, 6) is 3.11. The lowest BCUT2D eigenvalue weighted by atomic mass is 9.79. The highest BCUT2D eigenvalue weighted by atomic mass is 32.2. The Bertz CT molecular complexity index is 481. The second-order valence-electron chi connectivity index (χ2n) is 6.40. The molecular formula is C14H21N3S2. The lowest BCUT2D eigenvalue weighted by Gasteiger charge is -2.47. The third kappa shape index (κ3) is 2.50. The molecule has 0 bridgehead atoms. The number of guanidine groups is 1. The predicted octanol–water partition coefficient (Wildman–Crippen LogP) is 2.78. The maximum Gasteiger partial charge on any atom is 0.192 e. The van der Waals surface area contributed by atoms with Gasteiger partial charge in [0.25, 0.3) is 0 Å². The van der Waals surface area contributed by atoms with Gasteiger partial charge in [-0.2, -0.15) is 11.8 Å². The van der Waals surface area contributed by atoms with Crippen molar-refractivity contribution in [3.05, 3.63) is 22.4 Å². The summed E-state index contributed by atoms with van der Waals surface area (Å²) in [6.45, 7) is 6.49. The van der Waals surface area contributed by atoms with Gasteiger partial charge in [0.2, 0.25) is 0 Å². The van der Waals surface area contributed by atoms with Crippen LogP contribution in [0.3, 0.4) is 0 Å². The van der Waals surface area contributed by atoms with Crippen molar-refractivity contribution in [1.82, 2.24) is 4.90 Å². The summed E-state index contributed by atoms with van der Waals surface area (Å²) in [4.78, 5) is 8.27. The van der Waals surface area contributed by atoms with Crippen LogP contribution < -0.4 is 5.73 Å². The zero-order valence-corrected chi connectivity index (χ0v) is 13.2. The van der Waals surface area contributed by atoms with E-state index in [4.69, 9.17) is 5.73 Å². The van der Waals surface area contributed by atoms with Crippen LogP contribution in [0.4, 0.5) is 0 Å². The van der Waals surface area contributed by atoms with Gasteiger partial charge in [-0.25, -0.2) is 0 Å². The Morgan fingerprint density at radius 2 is 2.26 bits per heavy atom. The van der Waals surface area contributed by atoms with E-state index in [1.807, 2.05) is 11.8 Å². The molecule has 19 heavy (non-hydrogen) atoms. The summed E-state index contributed by atoms with van der Waals surface area (Å²) >= 11 is 3.85. The molecule has 0 aliphatic carbocycles. The molecule has 104 valence electrons. The lowest BCUT2D eigenvalue weighted by molar-refractivity contribution is 0.144. The van der Waals surface area contributed by atoms with Crippen molar-refractivity contribution in [2.45, 2.75) is 32.4 Å². The molecule has 3 heterocycles. The number of hydrogen-bond donors (Lipinski definition) is 1. The fourth-order valence-electron chi connectivity index (χ4n) is 3.23. The first-order valence-electron chi connectivity index (χ1n) is 6.69. The first-order valence-corrected chi connectivity index (χ1v) is 8.72. The molecule has 0 amide bonds. The van der Waals surface area contributed by atoms with Crippen molar-refractivity contribution in [2.24, 2.45) is 16.1 Å². The van der Waals surface area contributed by atoms with Gasteiger partial charge in [0.15, 0.2) is 5.96 Å². The molecule has 3 rings (SSSR count). The maximum absolute atomic E-state index is 6.16. The van der Waals surface area contributed by atoms with E-state index in [9.17, 15) is 0 Å². The zero-order valence-electron chi connectivity index (χ0n) is 11.6. The molecule has 0 aromatic carbocycles. The van der Waals surface area contributed by atoms with E-state index in [1.54, 1.807) is 11.3 Å². The average Bonchev–Trinajstić information content (AvgIpc) is 2.93. The number of nitrogens with two attached hydrogens (primary N) is 1. The highest BCUT2D eigenvalue weighted by Crippen LogP contribution is 2.44. The Balaban J connectivity index is 1.84. The van der Waals surface area contributed by atoms with E-state index in [-0.39, 0.29) is 5.54 Å². The van der Waals surface area contributed by atoms with Crippen molar-refractivity contribution in [3.8, 4) is 0 Å². The number of rotatable bonds is 2. The average molecular weight is 295 g/mol. The highest BCUT2D eigenvalue weighted by Gasteiger charge is 2.48. The second-order valence-corrected chi connectivity index (χ2v) is 8.42. The third-order valence-electron chi connectivity index (χ3n) is 3.95. The SMILES string of the molecule is CC1(C)CSCC2(CN=C(N)N2Cc2cccs2)C1. The molecule has 1 fully saturated rings. The molecule has 1 aromatic heterocycles. The van der Waals surface area contributed by atoms with Crippen LogP contribution in [-0.4, -0.2) is 34.4 Å². The molecule has 2 N–H and O–H groups in total. The molecule has 2 aliphatic heterocycles. The molecule has 0 radical (unpaired) electrons. The van der Waals surface area contributed by atoms with Crippen LogP contribution in [0.2, 0.25) is 0 Å². The quantitative estimate of drug-likeness (QED) is 0.912. The molecule has 0 saturated carbocycles. The minimum atomic E-state index is 0.139. The number of aliphatic imine (C=N–C) groups is 1. The molecular weight excluding hydrogens is 274 g/mol. The van der Waals surface area contributed by atoms with Gasteiger partial charge in [0, 0.05) is 10.6 Å². The van der Waals surface area contributed by atoms with Gasteiger partial charge in [0.05, 0.1) is 18.6 Å². The van der Waals surface area contributed by atoms with E-state index < -0.39 is 0 Å². The molecule has 1 saturated heterocycles. The number of thioether (sulfide) groups is 1. The summed E-state index contributed by atoms with van der Waals surface area (Å²) < 4.78 is 0. The molecule has 1 atom stereocenters. The lowest BCUT2D eigenvalue weighted by Crippen LogP contribution is -2.57. The van der Waals surface area contributed by atoms with Gasteiger partial charge in [0.1, 0.15) is 0 Å². The standard InChI is InChI=1S/C14H21N3S2/c1-13(2)7-14(10-18-9-13)8-16-12(15)17(14)6-11-4-3-5-19-11/h3-5H,6-10H2,1-2H3,(H2,15,16). The third-order valence-corrected chi connectivity index (χ3v) is 6.54. The van der Waals surface area contributed by atoms with Crippen LogP contribution in [0.5, 0.6) is 0 Å². The molecule has 3 nitrogen and oxygen atoms in total. The van der Waals surface area contributed by atoms with E-state index >= 15 is 0 Å². The van der Waals surface area contributed by atoms with E-state index in [2.05, 4.69) is 41.3 Å². The van der Waals surface area contributed by atoms with Gasteiger partial charge < -0.3 is 10.6 Å². The number of thiophene rings is 1. The van der Waals surface area contributed by atoms with Crippen molar-refractivity contribution in [1.29, 1.82) is 0 Å². The number of nitrogens with zero attached hydrogens (tertiary/aromatic N) is 2. The van der Waals surface area contributed by atoms with Crippen molar-refractivity contribution in [2.75, 3.05) is 18.1 Å². The highest BCUT2D eigenvalue weighted by molar-refractivity contribution is 7.99. The Labute approximate surface area is 123 Å². The Morgan fingerprint density at radius 1 is 1.42 bits per heavy atom. The van der Waals surface area contributed by atoms with Crippen LogP contribution in [0.15, 0.2) is 22.5 Å². The molecule has 2 aliphatic rings. The van der Waals surface area contributed by atoms with Gasteiger partial charge in [-0.3, -0.25) is 4.99 Å². The monoisotopic (exact) mass is 295 g/mol. The number of hydrogen-bond acceptors (Lipinski definition) is 5. The minimum Gasteiger partial charge on any atom is -0.370 e. The largest absolute Gasteiger partial charge is 0.370 e. The van der Waals surface area contributed by atoms with E-state index in [0.717, 1.165) is 24.8 Å². The van der Waals surface area contributed by atoms with Crippen LogP contribution in [0.25, 0.3) is 0 Å². The van der Waals surface area contributed by atoms with Gasteiger partial charge in [-0.1, -0.05) is 19.9 Å². The first kappa shape index (κ1) is 13.3. The first-order chi connectivity index (χ1) is 9.01. The summed E-state index contributed by atoms with van der Waals surface area (Å²) in [5, 5.41) is 2.13. The summed E-state index contributed by atoms with van der Waals surface area (Å²) in [6.07, 6.45) is 1.18. The molecule has 1 aromatic rings. The van der Waals surface area contributed by atoms with E-state index in [0.29, 0.717) is 5.41 Å². The van der Waals surface area contributed by atoms with Crippen LogP contribution in [0, 0.1) is 5.41 Å². The summed E-state index contributed by atoms with van der Waals surface area (Å²) in [7, 11) is 0. The normalized spacial score (nSPS) is 29.8. The van der Waals surface area contributed by atoms with Crippen molar-refractivity contribution >= 4 is 29.1 Å². The van der Waals surface area contributed by atoms with Gasteiger partial charge in [-0.15, -0.1) is 11.3 Å². The smallest absolute Gasteiger partial charge is 0.192 e. The Hall–Kier alpha value is -0.680. The minimum absolute atomic E-state index is 0.139. The fraction of sp³-hybridized carbons (Fsp3) is 0.643. The molecule has 1 spiro atoms. The van der Waals surface area contributed by atoms with Gasteiger partial charge in [-0.05, 0) is 29.0 Å². The summed E-state index contributed by atoms with van der Waals surface area (Å²) in [5.41, 5.74) is 6.67. The Kier molecular flexibility index (Phi) is 3.29. The molecule has 5 heteroatoms. The van der Waals surface area contributed by atoms with Gasteiger partial charge >= 0.3 is 0 Å². The molecule has 1 unspecified atom stereocenters. The zero-order chi connectivity index (χ0) is 13.5. The topological polar surface area (TPSA) is 41.6 Å². The summed E-state index contributed by atoms with van der Waals surface area (Å²) in [6, 6.07) is 4.29. The maximum atomic E-state index is 6.16. The fourth-order valence-corrected chi connectivity index (χ4v) is 5.41. The second kappa shape index (κ2) is 4.70. The van der Waals surface area contributed by atoms with E-state index in [1.165, 1.54) is 17.1 Å². The van der Waals surface area contributed by atoms with Crippen LogP contribution in [0.1, 0.15) is 25.1 Å². The Morgan fingerprint density at radius 3 is 2.95 bits per heavy atom. The van der Waals surface area contributed by atoms with Crippen LogP contribution in [-0.2, 0) is 6.54 Å². The van der Waals surface area contributed by atoms with Crippen molar-refractivity contribution < 1.29 is 0 Å². The van der Waals surface area contributed by atoms with Crippen LogP contribution >= 0.6 is 23.1 Å². The predicted molar refractivity (Wildman–Crippen MR) is 84.8 cm³/mol.